The number of benzene rings is 1. The number of non-ortho nitro benzene ring substituents is 1. The van der Waals surface area contributed by atoms with E-state index < -0.39 is 0 Å². The molecule has 0 bridgehead atoms. The molecule has 104 valence electrons. The molecule has 2 unspecified atom stereocenters. The molecule has 6 heteroatoms. The van der Waals surface area contributed by atoms with Crippen molar-refractivity contribution < 1.29 is 4.92 Å². The second kappa shape index (κ2) is 6.04. The first-order valence-electron chi connectivity index (χ1n) is 6.47. The number of nitrogens with zero attached hydrogens (tertiary/aromatic N) is 2. The summed E-state index contributed by atoms with van der Waals surface area (Å²) in [5, 5.41) is 10.8. The summed E-state index contributed by atoms with van der Waals surface area (Å²) in [7, 11) is 0. The van der Waals surface area contributed by atoms with Crippen LogP contribution in [0.4, 0.5) is 11.4 Å². The van der Waals surface area contributed by atoms with Gasteiger partial charge in [0.05, 0.1) is 10.6 Å². The Hall–Kier alpha value is -0.890. The van der Waals surface area contributed by atoms with E-state index in [2.05, 4.69) is 34.4 Å². The fraction of sp³-hybridized carbons (Fsp3) is 0.538. The molecular weight excluding hydrogens is 357 g/mol. The topological polar surface area (TPSA) is 72.4 Å². The minimum absolute atomic E-state index is 0.147. The van der Waals surface area contributed by atoms with Crippen LogP contribution in [0, 0.1) is 19.6 Å². The van der Waals surface area contributed by atoms with Crippen molar-refractivity contribution in [3.63, 3.8) is 0 Å². The zero-order chi connectivity index (χ0) is 14.0. The van der Waals surface area contributed by atoms with Crippen molar-refractivity contribution >= 4 is 34.0 Å². The van der Waals surface area contributed by atoms with Gasteiger partial charge in [-0.05, 0) is 41.0 Å². The number of anilines is 1. The van der Waals surface area contributed by atoms with Crippen LogP contribution in [0.5, 0.6) is 0 Å². The molecule has 0 radical (unpaired) electrons. The number of rotatable bonds is 3. The van der Waals surface area contributed by atoms with E-state index in [0.717, 1.165) is 35.2 Å². The first kappa shape index (κ1) is 14.5. The highest BCUT2D eigenvalue weighted by Crippen LogP contribution is 2.30. The molecule has 2 N–H and O–H groups in total. The molecule has 1 aromatic carbocycles. The van der Waals surface area contributed by atoms with Gasteiger partial charge in [-0.3, -0.25) is 10.1 Å². The van der Waals surface area contributed by atoms with Crippen LogP contribution in [0.2, 0.25) is 0 Å². The molecule has 19 heavy (non-hydrogen) atoms. The zero-order valence-electron chi connectivity index (χ0n) is 10.9. The summed E-state index contributed by atoms with van der Waals surface area (Å²) in [6.45, 7) is 4.02. The summed E-state index contributed by atoms with van der Waals surface area (Å²) in [6.07, 6.45) is 2.05. The number of nitrogens with two attached hydrogens (primary N) is 1. The molecule has 0 amide bonds. The number of nitro groups is 1. The summed E-state index contributed by atoms with van der Waals surface area (Å²) < 4.78 is 0.928. The summed E-state index contributed by atoms with van der Waals surface area (Å²) in [5.41, 5.74) is 7.34. The van der Waals surface area contributed by atoms with Gasteiger partial charge >= 0.3 is 0 Å². The van der Waals surface area contributed by atoms with Gasteiger partial charge in [-0.1, -0.05) is 13.3 Å². The van der Waals surface area contributed by atoms with Gasteiger partial charge in [0.15, 0.2) is 0 Å². The molecule has 1 saturated heterocycles. The maximum atomic E-state index is 10.8. The SMILES string of the molecule is CCC1CN(c2ccc([N+](=O)[O-])cc2I)CCC1N. The van der Waals surface area contributed by atoms with Gasteiger partial charge in [0.25, 0.3) is 5.69 Å². The maximum Gasteiger partial charge on any atom is 0.270 e. The Morgan fingerprint density at radius 2 is 2.32 bits per heavy atom. The smallest absolute Gasteiger partial charge is 0.270 e. The van der Waals surface area contributed by atoms with Crippen molar-refractivity contribution in [2.75, 3.05) is 18.0 Å². The number of hydrogen-bond donors (Lipinski definition) is 1. The van der Waals surface area contributed by atoms with Crippen LogP contribution in [0.15, 0.2) is 18.2 Å². The average molecular weight is 375 g/mol. The lowest BCUT2D eigenvalue weighted by atomic mass is 9.90. The first-order valence-corrected chi connectivity index (χ1v) is 7.55. The fourth-order valence-electron chi connectivity index (χ4n) is 2.57. The van der Waals surface area contributed by atoms with E-state index in [4.69, 9.17) is 5.73 Å². The summed E-state index contributed by atoms with van der Waals surface area (Å²) >= 11 is 2.17. The third-order valence-electron chi connectivity index (χ3n) is 3.80. The second-order valence-corrected chi connectivity index (χ2v) is 6.12. The van der Waals surface area contributed by atoms with Gasteiger partial charge < -0.3 is 10.6 Å². The monoisotopic (exact) mass is 375 g/mol. The van der Waals surface area contributed by atoms with E-state index in [1.807, 2.05) is 6.07 Å². The molecule has 1 aromatic rings. The van der Waals surface area contributed by atoms with Gasteiger partial charge in [0.2, 0.25) is 0 Å². The molecular formula is C13H18IN3O2. The number of piperidine rings is 1. The van der Waals surface area contributed by atoms with E-state index in [1.165, 1.54) is 0 Å². The lowest BCUT2D eigenvalue weighted by Crippen LogP contribution is -2.47. The average Bonchev–Trinajstić information content (AvgIpc) is 2.39. The molecule has 0 aromatic heterocycles. The maximum absolute atomic E-state index is 10.8. The Bertz CT molecular complexity index is 481. The fourth-order valence-corrected chi connectivity index (χ4v) is 3.41. The molecule has 1 aliphatic rings. The standard InChI is InChI=1S/C13H18IN3O2/c1-2-9-8-16(6-5-12(9)15)13-4-3-10(17(18)19)7-11(13)14/h3-4,7,9,12H,2,5-6,8,15H2,1H3. The van der Waals surface area contributed by atoms with Crippen LogP contribution in [-0.4, -0.2) is 24.1 Å². The van der Waals surface area contributed by atoms with Gasteiger partial charge in [0, 0.05) is 34.8 Å². The van der Waals surface area contributed by atoms with Crippen molar-refractivity contribution in [3.05, 3.63) is 31.9 Å². The summed E-state index contributed by atoms with van der Waals surface area (Å²) in [4.78, 5) is 12.7. The Morgan fingerprint density at radius 3 is 2.89 bits per heavy atom. The second-order valence-electron chi connectivity index (χ2n) is 4.96. The highest BCUT2D eigenvalue weighted by molar-refractivity contribution is 14.1. The number of halogens is 1. The quantitative estimate of drug-likeness (QED) is 0.501. The van der Waals surface area contributed by atoms with Crippen LogP contribution in [0.1, 0.15) is 19.8 Å². The lowest BCUT2D eigenvalue weighted by molar-refractivity contribution is -0.384. The molecule has 1 heterocycles. The summed E-state index contributed by atoms with van der Waals surface area (Å²) in [5.74, 6) is 0.500. The van der Waals surface area contributed by atoms with Gasteiger partial charge in [-0.2, -0.15) is 0 Å². The largest absolute Gasteiger partial charge is 0.370 e. The van der Waals surface area contributed by atoms with Gasteiger partial charge in [-0.15, -0.1) is 0 Å². The molecule has 2 atom stereocenters. The third kappa shape index (κ3) is 3.17. The van der Waals surface area contributed by atoms with E-state index in [9.17, 15) is 10.1 Å². The van der Waals surface area contributed by atoms with Crippen LogP contribution < -0.4 is 10.6 Å². The molecule has 0 aliphatic carbocycles. The molecule has 1 aliphatic heterocycles. The van der Waals surface area contributed by atoms with Crippen molar-refractivity contribution in [2.45, 2.75) is 25.8 Å². The van der Waals surface area contributed by atoms with E-state index in [0.29, 0.717) is 5.92 Å². The van der Waals surface area contributed by atoms with Crippen molar-refractivity contribution in [1.82, 2.24) is 0 Å². The zero-order valence-corrected chi connectivity index (χ0v) is 13.0. The molecule has 2 rings (SSSR count). The van der Waals surface area contributed by atoms with E-state index in [-0.39, 0.29) is 16.7 Å². The molecule has 0 spiro atoms. The van der Waals surface area contributed by atoms with Crippen LogP contribution >= 0.6 is 22.6 Å². The Labute approximate surface area is 126 Å². The predicted octanol–water partition coefficient (Wildman–Crippen LogP) is 2.76. The van der Waals surface area contributed by atoms with Crippen molar-refractivity contribution in [3.8, 4) is 0 Å². The van der Waals surface area contributed by atoms with Crippen molar-refractivity contribution in [2.24, 2.45) is 11.7 Å². The minimum atomic E-state index is -0.354. The predicted molar refractivity (Wildman–Crippen MR) is 84.4 cm³/mol. The summed E-state index contributed by atoms with van der Waals surface area (Å²) in [6, 6.07) is 5.33. The van der Waals surface area contributed by atoms with E-state index >= 15 is 0 Å². The Morgan fingerprint density at radius 1 is 1.58 bits per heavy atom. The van der Waals surface area contributed by atoms with Crippen molar-refractivity contribution in [1.29, 1.82) is 0 Å². The number of nitro benzene ring substituents is 1. The molecule has 5 nitrogen and oxygen atoms in total. The lowest BCUT2D eigenvalue weighted by Gasteiger charge is -2.38. The highest BCUT2D eigenvalue weighted by Gasteiger charge is 2.26. The highest BCUT2D eigenvalue weighted by atomic mass is 127. The normalized spacial score (nSPS) is 23.4. The Balaban J connectivity index is 2.20. The van der Waals surface area contributed by atoms with Gasteiger partial charge in [0.1, 0.15) is 0 Å². The molecule has 0 saturated carbocycles. The molecule has 1 fully saturated rings. The van der Waals surface area contributed by atoms with E-state index in [1.54, 1.807) is 12.1 Å². The number of hydrogen-bond acceptors (Lipinski definition) is 4. The van der Waals surface area contributed by atoms with Crippen LogP contribution in [0.25, 0.3) is 0 Å². The third-order valence-corrected chi connectivity index (χ3v) is 4.66. The Kier molecular flexibility index (Phi) is 4.62. The van der Waals surface area contributed by atoms with Crippen LogP contribution in [0.3, 0.4) is 0 Å². The van der Waals surface area contributed by atoms with Gasteiger partial charge in [-0.25, -0.2) is 0 Å². The van der Waals surface area contributed by atoms with Crippen LogP contribution in [-0.2, 0) is 0 Å². The first-order chi connectivity index (χ1) is 9.02. The minimum Gasteiger partial charge on any atom is -0.370 e.